The van der Waals surface area contributed by atoms with Crippen LogP contribution in [0.25, 0.3) is 5.69 Å². The first-order valence-electron chi connectivity index (χ1n) is 11.8. The van der Waals surface area contributed by atoms with Gasteiger partial charge >= 0.3 is 0 Å². The lowest BCUT2D eigenvalue weighted by Gasteiger charge is -2.38. The summed E-state index contributed by atoms with van der Waals surface area (Å²) in [7, 11) is 0. The van der Waals surface area contributed by atoms with E-state index in [4.69, 9.17) is 0 Å². The number of carbonyl (C=O) groups excluding carboxylic acids is 2. The molecule has 0 saturated carbocycles. The van der Waals surface area contributed by atoms with Gasteiger partial charge in [0.25, 0.3) is 0 Å². The summed E-state index contributed by atoms with van der Waals surface area (Å²) in [6, 6.07) is 20.1. The maximum atomic E-state index is 13.2. The molecule has 170 valence electrons. The Bertz CT molecular complexity index is 1130. The van der Waals surface area contributed by atoms with Gasteiger partial charge in [0.05, 0.1) is 23.7 Å². The average Bonchev–Trinajstić information content (AvgIpc) is 3.36. The van der Waals surface area contributed by atoms with Crippen molar-refractivity contribution >= 4 is 11.8 Å². The topological polar surface area (TPSA) is 58.4 Å². The molecule has 33 heavy (non-hydrogen) atoms. The molecule has 0 N–H and O–H groups in total. The van der Waals surface area contributed by atoms with Crippen molar-refractivity contribution < 1.29 is 9.59 Å². The maximum absolute atomic E-state index is 13.2. The molecule has 2 aromatic carbocycles. The van der Waals surface area contributed by atoms with Crippen LogP contribution in [-0.4, -0.2) is 51.0 Å². The van der Waals surface area contributed by atoms with Crippen molar-refractivity contribution in [2.75, 3.05) is 19.6 Å². The van der Waals surface area contributed by atoms with Gasteiger partial charge in [-0.15, -0.1) is 0 Å². The predicted molar refractivity (Wildman–Crippen MR) is 127 cm³/mol. The van der Waals surface area contributed by atoms with Gasteiger partial charge in [0.2, 0.25) is 11.8 Å². The fraction of sp³-hybridized carbons (Fsp3) is 0.370. The Hall–Kier alpha value is -3.41. The molecular formula is C27H30N4O2. The molecule has 3 aromatic rings. The highest BCUT2D eigenvalue weighted by atomic mass is 16.2. The number of nitrogens with zero attached hydrogens (tertiary/aromatic N) is 4. The molecule has 3 heterocycles. The molecular weight excluding hydrogens is 412 g/mol. The fourth-order valence-corrected chi connectivity index (χ4v) is 5.22. The summed E-state index contributed by atoms with van der Waals surface area (Å²) >= 11 is 0. The van der Waals surface area contributed by atoms with E-state index in [1.54, 1.807) is 6.20 Å². The minimum Gasteiger partial charge on any atom is -0.342 e. The van der Waals surface area contributed by atoms with Gasteiger partial charge in [-0.05, 0) is 43.9 Å². The van der Waals surface area contributed by atoms with E-state index in [0.717, 1.165) is 42.8 Å². The third kappa shape index (κ3) is 4.17. The van der Waals surface area contributed by atoms with Crippen LogP contribution in [0.1, 0.15) is 36.1 Å². The van der Waals surface area contributed by atoms with Crippen LogP contribution < -0.4 is 0 Å². The van der Waals surface area contributed by atoms with Crippen molar-refractivity contribution in [3.8, 4) is 5.69 Å². The van der Waals surface area contributed by atoms with Crippen molar-refractivity contribution in [2.24, 2.45) is 5.41 Å². The van der Waals surface area contributed by atoms with Crippen LogP contribution in [-0.2, 0) is 22.6 Å². The van der Waals surface area contributed by atoms with Crippen LogP contribution >= 0.6 is 0 Å². The van der Waals surface area contributed by atoms with Gasteiger partial charge in [0.1, 0.15) is 0 Å². The van der Waals surface area contributed by atoms with Crippen LogP contribution in [0.3, 0.4) is 0 Å². The maximum Gasteiger partial charge on any atom is 0.229 e. The summed E-state index contributed by atoms with van der Waals surface area (Å²) < 4.78 is 1.88. The third-order valence-electron chi connectivity index (χ3n) is 7.34. The SMILES string of the molecule is Cc1c(CC(=O)N2CCC3(CC2)CCN(Cc2ccccc2)C3=O)cnn1-c1ccccc1. The van der Waals surface area contributed by atoms with E-state index in [-0.39, 0.29) is 17.2 Å². The van der Waals surface area contributed by atoms with Crippen molar-refractivity contribution in [1.82, 2.24) is 19.6 Å². The van der Waals surface area contributed by atoms with E-state index >= 15 is 0 Å². The second-order valence-corrected chi connectivity index (χ2v) is 9.30. The highest BCUT2D eigenvalue weighted by molar-refractivity contribution is 5.85. The van der Waals surface area contributed by atoms with Gasteiger partial charge in [-0.3, -0.25) is 9.59 Å². The van der Waals surface area contributed by atoms with Gasteiger partial charge < -0.3 is 9.80 Å². The molecule has 0 unspecified atom stereocenters. The summed E-state index contributed by atoms with van der Waals surface area (Å²) in [5, 5.41) is 4.49. The first-order chi connectivity index (χ1) is 16.1. The van der Waals surface area contributed by atoms with E-state index in [2.05, 4.69) is 17.2 Å². The van der Waals surface area contributed by atoms with E-state index in [1.165, 1.54) is 5.56 Å². The van der Waals surface area contributed by atoms with Crippen LogP contribution in [0.15, 0.2) is 66.9 Å². The fourth-order valence-electron chi connectivity index (χ4n) is 5.22. The largest absolute Gasteiger partial charge is 0.342 e. The first-order valence-corrected chi connectivity index (χ1v) is 11.8. The molecule has 1 spiro atoms. The molecule has 2 aliphatic rings. The molecule has 2 aliphatic heterocycles. The number of rotatable bonds is 5. The smallest absolute Gasteiger partial charge is 0.229 e. The quantitative estimate of drug-likeness (QED) is 0.605. The first kappa shape index (κ1) is 21.4. The Morgan fingerprint density at radius 3 is 2.27 bits per heavy atom. The van der Waals surface area contributed by atoms with E-state index in [0.29, 0.717) is 26.1 Å². The normalized spacial score (nSPS) is 17.7. The standard InChI is InChI=1S/C27H30N4O2/c1-21-23(19-28-31(21)24-10-6-3-7-11-24)18-25(32)29-15-12-27(13-16-29)14-17-30(26(27)33)20-22-8-4-2-5-9-22/h2-11,19H,12-18,20H2,1H3. The lowest BCUT2D eigenvalue weighted by atomic mass is 9.77. The van der Waals surface area contributed by atoms with Crippen LogP contribution in [0.2, 0.25) is 0 Å². The van der Waals surface area contributed by atoms with E-state index < -0.39 is 0 Å². The molecule has 2 amide bonds. The van der Waals surface area contributed by atoms with E-state index in [9.17, 15) is 9.59 Å². The summed E-state index contributed by atoms with van der Waals surface area (Å²) in [5.74, 6) is 0.380. The molecule has 2 fully saturated rings. The predicted octanol–water partition coefficient (Wildman–Crippen LogP) is 3.76. The summed E-state index contributed by atoms with van der Waals surface area (Å²) in [4.78, 5) is 30.2. The molecule has 0 atom stereocenters. The number of likely N-dealkylation sites (tertiary alicyclic amines) is 2. The Morgan fingerprint density at radius 1 is 0.939 bits per heavy atom. The molecule has 0 bridgehead atoms. The number of carbonyl (C=O) groups is 2. The third-order valence-corrected chi connectivity index (χ3v) is 7.34. The lowest BCUT2D eigenvalue weighted by molar-refractivity contribution is -0.142. The number of piperidine rings is 1. The highest BCUT2D eigenvalue weighted by Gasteiger charge is 2.48. The van der Waals surface area contributed by atoms with Gasteiger partial charge in [-0.25, -0.2) is 4.68 Å². The Labute approximate surface area is 194 Å². The summed E-state index contributed by atoms with van der Waals surface area (Å²) in [6.07, 6.45) is 4.55. The molecule has 2 saturated heterocycles. The molecule has 1 aromatic heterocycles. The van der Waals surface area contributed by atoms with Crippen LogP contribution in [0.5, 0.6) is 0 Å². The second-order valence-electron chi connectivity index (χ2n) is 9.30. The minimum absolute atomic E-state index is 0.118. The monoisotopic (exact) mass is 442 g/mol. The van der Waals surface area contributed by atoms with E-state index in [1.807, 2.05) is 69.9 Å². The molecule has 6 nitrogen and oxygen atoms in total. The Kier molecular flexibility index (Phi) is 5.75. The minimum atomic E-state index is -0.292. The zero-order chi connectivity index (χ0) is 22.8. The lowest BCUT2D eigenvalue weighted by Crippen LogP contribution is -2.47. The molecule has 5 rings (SSSR count). The number of hydrogen-bond donors (Lipinski definition) is 0. The number of para-hydroxylation sites is 1. The number of aromatic nitrogens is 2. The van der Waals surface area contributed by atoms with Gasteiger partial charge in [0, 0.05) is 37.4 Å². The van der Waals surface area contributed by atoms with Gasteiger partial charge in [0.15, 0.2) is 0 Å². The zero-order valence-corrected chi connectivity index (χ0v) is 19.1. The van der Waals surface area contributed by atoms with Crippen molar-refractivity contribution in [3.63, 3.8) is 0 Å². The second kappa shape index (κ2) is 8.85. The summed E-state index contributed by atoms with van der Waals surface area (Å²) in [5.41, 5.74) is 3.82. The van der Waals surface area contributed by atoms with Gasteiger partial charge in [-0.2, -0.15) is 5.10 Å². The average molecular weight is 443 g/mol. The van der Waals surface area contributed by atoms with Crippen molar-refractivity contribution in [3.05, 3.63) is 83.7 Å². The number of hydrogen-bond acceptors (Lipinski definition) is 3. The highest BCUT2D eigenvalue weighted by Crippen LogP contribution is 2.42. The zero-order valence-electron chi connectivity index (χ0n) is 19.1. The Morgan fingerprint density at radius 2 is 1.58 bits per heavy atom. The number of benzene rings is 2. The number of amides is 2. The molecule has 6 heteroatoms. The molecule has 0 aliphatic carbocycles. The summed E-state index contributed by atoms with van der Waals surface area (Å²) in [6.45, 7) is 4.78. The van der Waals surface area contributed by atoms with Crippen molar-refractivity contribution in [1.29, 1.82) is 0 Å². The van der Waals surface area contributed by atoms with Crippen molar-refractivity contribution in [2.45, 2.75) is 39.2 Å². The van der Waals surface area contributed by atoms with Crippen LogP contribution in [0.4, 0.5) is 0 Å². The molecule has 0 radical (unpaired) electrons. The Balaban J connectivity index is 1.19. The van der Waals surface area contributed by atoms with Crippen LogP contribution in [0, 0.1) is 12.3 Å². The van der Waals surface area contributed by atoms with Gasteiger partial charge in [-0.1, -0.05) is 48.5 Å².